The Bertz CT molecular complexity index is 396. The number of pyridine rings is 1. The number of rotatable bonds is 7. The fourth-order valence-corrected chi connectivity index (χ4v) is 2.20. The van der Waals surface area contributed by atoms with E-state index in [4.69, 9.17) is 4.74 Å². The molecule has 1 aromatic heterocycles. The van der Waals surface area contributed by atoms with Crippen molar-refractivity contribution in [3.63, 3.8) is 0 Å². The molecule has 0 aliphatic heterocycles. The number of anilines is 1. The number of methoxy groups -OCH3 is 1. The summed E-state index contributed by atoms with van der Waals surface area (Å²) in [5.41, 5.74) is 1.23. The first-order chi connectivity index (χ1) is 8.70. The first-order valence-electron chi connectivity index (χ1n) is 6.28. The molecule has 0 bridgehead atoms. The first kappa shape index (κ1) is 13.8. The predicted octanol–water partition coefficient (Wildman–Crippen LogP) is 2.18. The quantitative estimate of drug-likeness (QED) is 0.837. The van der Waals surface area contributed by atoms with Crippen LogP contribution in [0.5, 0.6) is 0 Å². The zero-order valence-corrected chi connectivity index (χ0v) is 12.5. The van der Waals surface area contributed by atoms with Gasteiger partial charge >= 0.3 is 0 Å². The van der Waals surface area contributed by atoms with E-state index in [0.717, 1.165) is 23.4 Å². The Balaban J connectivity index is 2.05. The molecule has 1 N–H and O–H groups in total. The number of ether oxygens (including phenoxy) is 1. The van der Waals surface area contributed by atoms with Gasteiger partial charge in [-0.15, -0.1) is 0 Å². The van der Waals surface area contributed by atoms with Gasteiger partial charge in [0.05, 0.1) is 6.61 Å². The molecule has 0 aromatic carbocycles. The second kappa shape index (κ2) is 6.50. The van der Waals surface area contributed by atoms with Crippen LogP contribution in [-0.2, 0) is 11.3 Å². The van der Waals surface area contributed by atoms with Gasteiger partial charge in [-0.25, -0.2) is 4.98 Å². The molecule has 100 valence electrons. The molecule has 1 fully saturated rings. The molecule has 4 nitrogen and oxygen atoms in total. The van der Waals surface area contributed by atoms with Gasteiger partial charge in [0.1, 0.15) is 5.82 Å². The van der Waals surface area contributed by atoms with E-state index in [-0.39, 0.29) is 0 Å². The summed E-state index contributed by atoms with van der Waals surface area (Å²) in [4.78, 5) is 6.65. The van der Waals surface area contributed by atoms with Crippen molar-refractivity contribution in [2.75, 3.05) is 32.2 Å². The molecule has 18 heavy (non-hydrogen) atoms. The van der Waals surface area contributed by atoms with Crippen molar-refractivity contribution in [1.29, 1.82) is 0 Å². The van der Waals surface area contributed by atoms with E-state index in [1.807, 2.05) is 6.20 Å². The highest BCUT2D eigenvalue weighted by molar-refractivity contribution is 9.10. The molecule has 0 unspecified atom stereocenters. The van der Waals surface area contributed by atoms with Crippen LogP contribution in [0, 0.1) is 0 Å². The lowest BCUT2D eigenvalue weighted by Crippen LogP contribution is -2.26. The number of aromatic nitrogens is 1. The van der Waals surface area contributed by atoms with E-state index in [0.29, 0.717) is 12.6 Å². The average molecular weight is 314 g/mol. The SMILES string of the molecule is COCCN(C)c1ncc(Br)cc1CNC1CC1. The van der Waals surface area contributed by atoms with Gasteiger partial charge in [0.15, 0.2) is 0 Å². The molecule has 0 amide bonds. The summed E-state index contributed by atoms with van der Waals surface area (Å²) in [6.07, 6.45) is 4.45. The van der Waals surface area contributed by atoms with E-state index in [9.17, 15) is 0 Å². The maximum Gasteiger partial charge on any atom is 0.132 e. The molecule has 0 atom stereocenters. The third-order valence-corrected chi connectivity index (χ3v) is 3.49. The third-order valence-electron chi connectivity index (χ3n) is 3.06. The van der Waals surface area contributed by atoms with Crippen molar-refractivity contribution in [3.8, 4) is 0 Å². The van der Waals surface area contributed by atoms with Crippen LogP contribution in [0.25, 0.3) is 0 Å². The van der Waals surface area contributed by atoms with Crippen molar-refractivity contribution >= 4 is 21.7 Å². The second-order valence-electron chi connectivity index (χ2n) is 4.71. The standard InChI is InChI=1S/C13H20BrN3O/c1-17(5-6-18-2)13-10(7-11(14)9-16-13)8-15-12-3-4-12/h7,9,12,15H,3-6,8H2,1-2H3. The Kier molecular flexibility index (Phi) is 4.97. The van der Waals surface area contributed by atoms with Crippen LogP contribution >= 0.6 is 15.9 Å². The molecule has 0 radical (unpaired) electrons. The Labute approximate surface area is 117 Å². The fraction of sp³-hybridized carbons (Fsp3) is 0.615. The predicted molar refractivity (Wildman–Crippen MR) is 76.9 cm³/mol. The van der Waals surface area contributed by atoms with Crippen molar-refractivity contribution < 1.29 is 4.74 Å². The highest BCUT2D eigenvalue weighted by Crippen LogP contribution is 2.23. The minimum Gasteiger partial charge on any atom is -0.383 e. The van der Waals surface area contributed by atoms with Crippen LogP contribution in [0.15, 0.2) is 16.7 Å². The van der Waals surface area contributed by atoms with Crippen molar-refractivity contribution in [1.82, 2.24) is 10.3 Å². The Morgan fingerprint density at radius 1 is 1.56 bits per heavy atom. The summed E-state index contributed by atoms with van der Waals surface area (Å²) in [5.74, 6) is 1.03. The molecule has 5 heteroatoms. The molecule has 2 rings (SSSR count). The summed E-state index contributed by atoms with van der Waals surface area (Å²) < 4.78 is 6.14. The normalized spacial score (nSPS) is 14.8. The van der Waals surface area contributed by atoms with E-state index >= 15 is 0 Å². The average Bonchev–Trinajstić information content (AvgIpc) is 3.17. The Hall–Kier alpha value is -0.650. The van der Waals surface area contributed by atoms with Crippen molar-refractivity contribution in [2.45, 2.75) is 25.4 Å². The van der Waals surface area contributed by atoms with Gasteiger partial charge in [-0.3, -0.25) is 0 Å². The molecule has 0 saturated heterocycles. The highest BCUT2D eigenvalue weighted by Gasteiger charge is 2.21. The van der Waals surface area contributed by atoms with Crippen LogP contribution < -0.4 is 10.2 Å². The second-order valence-corrected chi connectivity index (χ2v) is 5.62. The van der Waals surface area contributed by atoms with Crippen LogP contribution in [0.4, 0.5) is 5.82 Å². The number of hydrogen-bond acceptors (Lipinski definition) is 4. The summed E-state index contributed by atoms with van der Waals surface area (Å²) in [6.45, 7) is 2.44. The van der Waals surface area contributed by atoms with Gasteiger partial charge in [-0.1, -0.05) is 0 Å². The van der Waals surface area contributed by atoms with Crippen molar-refractivity contribution in [2.24, 2.45) is 0 Å². The fourth-order valence-electron chi connectivity index (χ4n) is 1.82. The van der Waals surface area contributed by atoms with E-state index in [2.05, 4.69) is 44.2 Å². The smallest absolute Gasteiger partial charge is 0.132 e. The van der Waals surface area contributed by atoms with Crippen LogP contribution in [0.1, 0.15) is 18.4 Å². The van der Waals surface area contributed by atoms with E-state index in [1.54, 1.807) is 7.11 Å². The highest BCUT2D eigenvalue weighted by atomic mass is 79.9. The molecular formula is C13H20BrN3O. The van der Waals surface area contributed by atoms with E-state index in [1.165, 1.54) is 18.4 Å². The van der Waals surface area contributed by atoms with Gasteiger partial charge < -0.3 is 15.0 Å². The Morgan fingerprint density at radius 2 is 2.33 bits per heavy atom. The number of hydrogen-bond donors (Lipinski definition) is 1. The molecule has 1 aromatic rings. The van der Waals surface area contributed by atoms with Gasteiger partial charge in [-0.2, -0.15) is 0 Å². The van der Waals surface area contributed by atoms with Crippen LogP contribution in [0.3, 0.4) is 0 Å². The van der Waals surface area contributed by atoms with E-state index < -0.39 is 0 Å². The molecule has 1 saturated carbocycles. The van der Waals surface area contributed by atoms with Gasteiger partial charge in [0, 0.05) is 49.5 Å². The minimum atomic E-state index is 0.709. The minimum absolute atomic E-state index is 0.709. The monoisotopic (exact) mass is 313 g/mol. The topological polar surface area (TPSA) is 37.4 Å². The van der Waals surface area contributed by atoms with Crippen molar-refractivity contribution in [3.05, 3.63) is 22.3 Å². The summed E-state index contributed by atoms with van der Waals surface area (Å²) in [5, 5.41) is 3.53. The van der Waals surface area contributed by atoms with Gasteiger partial charge in [0.25, 0.3) is 0 Å². The zero-order valence-electron chi connectivity index (χ0n) is 10.9. The van der Waals surface area contributed by atoms with Gasteiger partial charge in [-0.05, 0) is 34.8 Å². The van der Waals surface area contributed by atoms with Crippen LogP contribution in [-0.4, -0.2) is 38.3 Å². The number of nitrogens with zero attached hydrogens (tertiary/aromatic N) is 2. The summed E-state index contributed by atoms with van der Waals surface area (Å²) >= 11 is 3.49. The Morgan fingerprint density at radius 3 is 3.00 bits per heavy atom. The summed E-state index contributed by atoms with van der Waals surface area (Å²) in [6, 6.07) is 2.85. The molecule has 1 aliphatic carbocycles. The first-order valence-corrected chi connectivity index (χ1v) is 7.08. The summed E-state index contributed by atoms with van der Waals surface area (Å²) in [7, 11) is 3.77. The van der Waals surface area contributed by atoms with Crippen LogP contribution in [0.2, 0.25) is 0 Å². The number of likely N-dealkylation sites (N-methyl/N-ethyl adjacent to an activating group) is 1. The maximum absolute atomic E-state index is 5.11. The zero-order chi connectivity index (χ0) is 13.0. The molecule has 1 heterocycles. The molecule has 1 aliphatic rings. The number of nitrogens with one attached hydrogen (secondary N) is 1. The lowest BCUT2D eigenvalue weighted by atomic mass is 10.2. The van der Waals surface area contributed by atoms with Gasteiger partial charge in [0.2, 0.25) is 0 Å². The maximum atomic E-state index is 5.11. The lowest BCUT2D eigenvalue weighted by Gasteiger charge is -2.21. The lowest BCUT2D eigenvalue weighted by molar-refractivity contribution is 0.206. The third kappa shape index (κ3) is 3.93. The molecular weight excluding hydrogens is 294 g/mol. The molecule has 0 spiro atoms. The largest absolute Gasteiger partial charge is 0.383 e. The number of halogens is 1.